The number of benzene rings is 1. The minimum Gasteiger partial charge on any atom is -0.367 e. The average Bonchev–Trinajstić information content (AvgIpc) is 2.35. The predicted octanol–water partition coefficient (Wildman–Crippen LogP) is 0.585. The van der Waals surface area contributed by atoms with Crippen molar-refractivity contribution in [2.45, 2.75) is 0 Å². The van der Waals surface area contributed by atoms with Crippen LogP contribution >= 0.6 is 0 Å². The Kier molecular flexibility index (Phi) is 6.72. The average molecular weight is 355 g/mol. The van der Waals surface area contributed by atoms with E-state index in [4.69, 9.17) is 0 Å². The summed E-state index contributed by atoms with van der Waals surface area (Å²) in [6, 6.07) is 5.49. The second-order valence-corrected chi connectivity index (χ2v) is 7.80. The quantitative estimate of drug-likeness (QED) is 0.599. The Balaban J connectivity index is 2.69. The third-order valence-corrected chi connectivity index (χ3v) is 3.70. The predicted molar refractivity (Wildman–Crippen MR) is 80.2 cm³/mol. The summed E-state index contributed by atoms with van der Waals surface area (Å²) in [5.74, 6) is -0.413. The molecule has 0 unspecified atom stereocenters. The molecule has 0 bridgehead atoms. The SMILES string of the molecule is CS(=O)(=O)OCCN(CCOS(C)(=O)=O)c1ccc(F)cc1. The fourth-order valence-electron chi connectivity index (χ4n) is 1.62. The molecule has 0 atom stereocenters. The number of hydrogen-bond acceptors (Lipinski definition) is 7. The molecule has 0 fully saturated rings. The van der Waals surface area contributed by atoms with Crippen molar-refractivity contribution in [3.05, 3.63) is 30.1 Å². The van der Waals surface area contributed by atoms with Gasteiger partial charge in [-0.3, -0.25) is 8.37 Å². The molecule has 0 heterocycles. The van der Waals surface area contributed by atoms with Gasteiger partial charge in [0.05, 0.1) is 25.7 Å². The van der Waals surface area contributed by atoms with Crippen LogP contribution in [0.15, 0.2) is 24.3 Å². The molecule has 0 saturated carbocycles. The highest BCUT2D eigenvalue weighted by Gasteiger charge is 2.11. The molecule has 1 aromatic carbocycles. The molecule has 0 aliphatic rings. The summed E-state index contributed by atoms with van der Waals surface area (Å²) in [5, 5.41) is 0. The Labute approximate surface area is 129 Å². The number of halogens is 1. The zero-order chi connectivity index (χ0) is 16.8. The summed E-state index contributed by atoms with van der Waals surface area (Å²) < 4.78 is 66.0. The Hall–Kier alpha value is -1.23. The molecule has 0 radical (unpaired) electrons. The molecule has 126 valence electrons. The zero-order valence-electron chi connectivity index (χ0n) is 12.2. The van der Waals surface area contributed by atoms with E-state index in [0.29, 0.717) is 5.69 Å². The van der Waals surface area contributed by atoms with Crippen molar-refractivity contribution in [1.82, 2.24) is 0 Å². The van der Waals surface area contributed by atoms with Gasteiger partial charge >= 0.3 is 0 Å². The first kappa shape index (κ1) is 18.8. The lowest BCUT2D eigenvalue weighted by Gasteiger charge is -2.24. The van der Waals surface area contributed by atoms with E-state index in [-0.39, 0.29) is 26.3 Å². The highest BCUT2D eigenvalue weighted by atomic mass is 32.2. The summed E-state index contributed by atoms with van der Waals surface area (Å²) in [5.41, 5.74) is 0.593. The largest absolute Gasteiger partial charge is 0.367 e. The molecule has 10 heteroatoms. The smallest absolute Gasteiger partial charge is 0.264 e. The number of anilines is 1. The van der Waals surface area contributed by atoms with Crippen LogP contribution in [-0.4, -0.2) is 55.7 Å². The van der Waals surface area contributed by atoms with E-state index in [1.54, 1.807) is 4.90 Å². The van der Waals surface area contributed by atoms with Crippen LogP contribution in [0.1, 0.15) is 0 Å². The zero-order valence-corrected chi connectivity index (χ0v) is 13.9. The van der Waals surface area contributed by atoms with E-state index >= 15 is 0 Å². The van der Waals surface area contributed by atoms with Crippen LogP contribution < -0.4 is 4.90 Å². The molecule has 1 aromatic rings. The lowest BCUT2D eigenvalue weighted by Crippen LogP contribution is -2.32. The molecule has 0 saturated heterocycles. The van der Waals surface area contributed by atoms with Crippen LogP contribution in [0.5, 0.6) is 0 Å². The maximum absolute atomic E-state index is 12.9. The standard InChI is InChI=1S/C12H18FNO6S2/c1-21(15,16)19-9-7-14(8-10-20-22(2,17)18)12-5-3-11(13)4-6-12/h3-6H,7-10H2,1-2H3. The summed E-state index contributed by atoms with van der Waals surface area (Å²) in [6.07, 6.45) is 1.87. The third-order valence-electron chi connectivity index (χ3n) is 2.51. The van der Waals surface area contributed by atoms with Crippen LogP contribution in [0.3, 0.4) is 0 Å². The van der Waals surface area contributed by atoms with Crippen LogP contribution in [0.2, 0.25) is 0 Å². The van der Waals surface area contributed by atoms with Gasteiger partial charge in [-0.25, -0.2) is 4.39 Å². The van der Waals surface area contributed by atoms with Crippen LogP contribution in [0, 0.1) is 5.82 Å². The molecule has 0 N–H and O–H groups in total. The normalized spacial score (nSPS) is 12.3. The molecule has 0 aliphatic heterocycles. The van der Waals surface area contributed by atoms with Gasteiger partial charge in [0.15, 0.2) is 0 Å². The molecule has 1 rings (SSSR count). The van der Waals surface area contributed by atoms with Crippen molar-refractivity contribution in [1.29, 1.82) is 0 Å². The van der Waals surface area contributed by atoms with E-state index in [1.807, 2.05) is 0 Å². The van der Waals surface area contributed by atoms with E-state index in [9.17, 15) is 21.2 Å². The summed E-state index contributed by atoms with van der Waals surface area (Å²) in [6.45, 7) is 0.113. The van der Waals surface area contributed by atoms with Crippen LogP contribution in [0.25, 0.3) is 0 Å². The van der Waals surface area contributed by atoms with Gasteiger partial charge in [-0.15, -0.1) is 0 Å². The van der Waals surface area contributed by atoms with Gasteiger partial charge in [0.1, 0.15) is 5.82 Å². The van der Waals surface area contributed by atoms with Crippen LogP contribution in [-0.2, 0) is 28.6 Å². The third kappa shape index (κ3) is 8.27. The maximum Gasteiger partial charge on any atom is 0.264 e. The Morgan fingerprint density at radius 2 is 1.32 bits per heavy atom. The lowest BCUT2D eigenvalue weighted by atomic mass is 10.3. The highest BCUT2D eigenvalue weighted by molar-refractivity contribution is 7.86. The summed E-state index contributed by atoms with van der Waals surface area (Å²) in [4.78, 5) is 1.63. The molecule has 0 amide bonds. The van der Waals surface area contributed by atoms with Crippen molar-refractivity contribution < 1.29 is 29.6 Å². The van der Waals surface area contributed by atoms with Gasteiger partial charge in [0.25, 0.3) is 20.2 Å². The second kappa shape index (κ2) is 7.86. The Morgan fingerprint density at radius 1 is 0.909 bits per heavy atom. The fraction of sp³-hybridized carbons (Fsp3) is 0.500. The molecular formula is C12H18FNO6S2. The van der Waals surface area contributed by atoms with Gasteiger partial charge in [0, 0.05) is 18.8 Å². The maximum atomic E-state index is 12.9. The van der Waals surface area contributed by atoms with E-state index < -0.39 is 26.1 Å². The monoisotopic (exact) mass is 355 g/mol. The Morgan fingerprint density at radius 3 is 1.68 bits per heavy atom. The number of nitrogens with zero attached hydrogens (tertiary/aromatic N) is 1. The first-order valence-corrected chi connectivity index (χ1v) is 9.89. The highest BCUT2D eigenvalue weighted by Crippen LogP contribution is 2.14. The minimum absolute atomic E-state index is 0.116. The van der Waals surface area contributed by atoms with Gasteiger partial charge < -0.3 is 4.90 Å². The summed E-state index contributed by atoms with van der Waals surface area (Å²) in [7, 11) is -7.13. The van der Waals surface area contributed by atoms with Crippen LogP contribution in [0.4, 0.5) is 10.1 Å². The van der Waals surface area contributed by atoms with Gasteiger partial charge in [-0.2, -0.15) is 16.8 Å². The minimum atomic E-state index is -3.57. The second-order valence-electron chi connectivity index (χ2n) is 4.52. The van der Waals surface area contributed by atoms with Crippen molar-refractivity contribution in [2.24, 2.45) is 0 Å². The molecule has 0 aliphatic carbocycles. The fourth-order valence-corrected chi connectivity index (χ4v) is 2.37. The van der Waals surface area contributed by atoms with E-state index in [1.165, 1.54) is 24.3 Å². The topological polar surface area (TPSA) is 90.0 Å². The van der Waals surface area contributed by atoms with Gasteiger partial charge in [-0.1, -0.05) is 0 Å². The molecule has 0 aromatic heterocycles. The lowest BCUT2D eigenvalue weighted by molar-refractivity contribution is 0.309. The van der Waals surface area contributed by atoms with Crippen molar-refractivity contribution in [3.63, 3.8) is 0 Å². The first-order chi connectivity index (χ1) is 10.1. The van der Waals surface area contributed by atoms with E-state index in [0.717, 1.165) is 12.5 Å². The molecule has 7 nitrogen and oxygen atoms in total. The van der Waals surface area contributed by atoms with Crippen molar-refractivity contribution >= 4 is 25.9 Å². The molecule has 0 spiro atoms. The van der Waals surface area contributed by atoms with Gasteiger partial charge in [0.2, 0.25) is 0 Å². The van der Waals surface area contributed by atoms with Crippen molar-refractivity contribution in [2.75, 3.05) is 43.7 Å². The molecule has 22 heavy (non-hydrogen) atoms. The van der Waals surface area contributed by atoms with E-state index in [2.05, 4.69) is 8.37 Å². The number of rotatable bonds is 9. The number of hydrogen-bond donors (Lipinski definition) is 0. The molecular weight excluding hydrogens is 337 g/mol. The Bertz CT molecular complexity index is 634. The summed E-state index contributed by atoms with van der Waals surface area (Å²) >= 11 is 0. The van der Waals surface area contributed by atoms with Gasteiger partial charge in [-0.05, 0) is 24.3 Å². The first-order valence-electron chi connectivity index (χ1n) is 6.26. The van der Waals surface area contributed by atoms with Crippen molar-refractivity contribution in [3.8, 4) is 0 Å².